The highest BCUT2D eigenvalue weighted by Crippen LogP contribution is 2.26. The highest BCUT2D eigenvalue weighted by molar-refractivity contribution is 7.90. The summed E-state index contributed by atoms with van der Waals surface area (Å²) in [4.78, 5) is 19.2. The van der Waals surface area contributed by atoms with E-state index in [4.69, 9.17) is 4.74 Å². The molecule has 0 radical (unpaired) electrons. The zero-order valence-electron chi connectivity index (χ0n) is 16.8. The van der Waals surface area contributed by atoms with Crippen LogP contribution in [0, 0.1) is 0 Å². The Morgan fingerprint density at radius 3 is 2.67 bits per heavy atom. The minimum atomic E-state index is -3.20. The molecule has 1 unspecified atom stereocenters. The van der Waals surface area contributed by atoms with E-state index in [1.165, 1.54) is 6.26 Å². The number of carbonyl (C=O) groups is 1. The summed E-state index contributed by atoms with van der Waals surface area (Å²) >= 11 is 0. The number of likely N-dealkylation sites (tertiary alicyclic amines) is 1. The van der Waals surface area contributed by atoms with E-state index >= 15 is 0 Å². The van der Waals surface area contributed by atoms with E-state index in [1.54, 1.807) is 30.5 Å². The van der Waals surface area contributed by atoms with Gasteiger partial charge in [-0.3, -0.25) is 9.78 Å². The molecule has 4 rings (SSSR count). The topological polar surface area (TPSA) is 76.6 Å². The van der Waals surface area contributed by atoms with Gasteiger partial charge in [0.2, 0.25) is 5.91 Å². The summed E-state index contributed by atoms with van der Waals surface area (Å²) < 4.78 is 29.2. The first kappa shape index (κ1) is 20.3. The van der Waals surface area contributed by atoms with Gasteiger partial charge in [0.15, 0.2) is 9.84 Å². The molecular formula is C23H24N2O4S. The van der Waals surface area contributed by atoms with E-state index in [-0.39, 0.29) is 12.0 Å². The number of fused-ring (bicyclic) bond motifs is 1. The average molecular weight is 425 g/mol. The van der Waals surface area contributed by atoms with E-state index in [0.717, 1.165) is 28.6 Å². The Balaban J connectivity index is 1.32. The minimum absolute atomic E-state index is 0.0457. The summed E-state index contributed by atoms with van der Waals surface area (Å²) in [5.41, 5.74) is 1.78. The molecule has 7 heteroatoms. The van der Waals surface area contributed by atoms with Crippen LogP contribution in [0.3, 0.4) is 0 Å². The van der Waals surface area contributed by atoms with Crippen LogP contribution in [0.25, 0.3) is 10.9 Å². The van der Waals surface area contributed by atoms with E-state index in [1.807, 2.05) is 35.2 Å². The minimum Gasteiger partial charge on any atom is -0.486 e. The van der Waals surface area contributed by atoms with Crippen LogP contribution < -0.4 is 4.74 Å². The molecule has 30 heavy (non-hydrogen) atoms. The molecule has 1 saturated heterocycles. The summed E-state index contributed by atoms with van der Waals surface area (Å²) in [6.45, 7) is 1.24. The summed E-state index contributed by atoms with van der Waals surface area (Å²) in [6.07, 6.45) is 4.65. The molecule has 156 valence electrons. The first-order valence-corrected chi connectivity index (χ1v) is 11.9. The van der Waals surface area contributed by atoms with Gasteiger partial charge >= 0.3 is 0 Å². The number of para-hydroxylation sites is 1. The van der Waals surface area contributed by atoms with Crippen molar-refractivity contribution in [2.24, 2.45) is 0 Å². The summed E-state index contributed by atoms with van der Waals surface area (Å²) in [5.74, 6) is 0.836. The number of nitrogens with zero attached hydrogens (tertiary/aromatic N) is 2. The van der Waals surface area contributed by atoms with Crippen LogP contribution in [0.1, 0.15) is 18.4 Å². The largest absolute Gasteiger partial charge is 0.486 e. The number of sulfone groups is 1. The van der Waals surface area contributed by atoms with Gasteiger partial charge in [-0.15, -0.1) is 0 Å². The standard InChI is InChI=1S/C23H24N2O4S/c1-30(27,28)20-10-7-17(8-11-20)9-12-22(26)25-15-13-19(16-25)29-21-6-2-4-18-5-3-14-24-23(18)21/h2-8,10-11,14,19H,9,12-13,15-16H2,1H3. The van der Waals surface area contributed by atoms with Crippen LogP contribution >= 0.6 is 0 Å². The van der Waals surface area contributed by atoms with E-state index in [0.29, 0.717) is 30.8 Å². The molecule has 0 bridgehead atoms. The first-order valence-electron chi connectivity index (χ1n) is 9.97. The van der Waals surface area contributed by atoms with Gasteiger partial charge in [0.25, 0.3) is 0 Å². The SMILES string of the molecule is CS(=O)(=O)c1ccc(CCC(=O)N2CCC(Oc3cccc4cccnc34)C2)cc1. The lowest BCUT2D eigenvalue weighted by molar-refractivity contribution is -0.130. The van der Waals surface area contributed by atoms with Gasteiger partial charge in [-0.1, -0.05) is 30.3 Å². The average Bonchev–Trinajstić information content (AvgIpc) is 3.21. The van der Waals surface area contributed by atoms with Crippen LogP contribution in [0.4, 0.5) is 0 Å². The summed E-state index contributed by atoms with van der Waals surface area (Å²) in [5, 5.41) is 1.03. The third-order valence-electron chi connectivity index (χ3n) is 5.37. The molecule has 1 fully saturated rings. The van der Waals surface area contributed by atoms with Crippen molar-refractivity contribution in [2.75, 3.05) is 19.3 Å². The highest BCUT2D eigenvalue weighted by atomic mass is 32.2. The van der Waals surface area contributed by atoms with Crippen LogP contribution in [0.5, 0.6) is 5.75 Å². The smallest absolute Gasteiger partial charge is 0.223 e. The molecule has 1 aliphatic rings. The van der Waals surface area contributed by atoms with Gasteiger partial charge in [-0.05, 0) is 36.2 Å². The fraction of sp³-hybridized carbons (Fsp3) is 0.304. The van der Waals surface area contributed by atoms with Crippen molar-refractivity contribution in [1.82, 2.24) is 9.88 Å². The molecule has 1 aromatic heterocycles. The van der Waals surface area contributed by atoms with Crippen LogP contribution in [0.15, 0.2) is 65.7 Å². The Hall–Kier alpha value is -2.93. The number of amides is 1. The number of hydrogen-bond donors (Lipinski definition) is 0. The lowest BCUT2D eigenvalue weighted by atomic mass is 10.1. The maximum atomic E-state index is 12.6. The summed E-state index contributed by atoms with van der Waals surface area (Å²) in [6, 6.07) is 16.5. The van der Waals surface area contributed by atoms with Crippen LogP contribution in [-0.2, 0) is 21.1 Å². The van der Waals surface area contributed by atoms with Crippen molar-refractivity contribution >= 4 is 26.6 Å². The van der Waals surface area contributed by atoms with Crippen LogP contribution in [0.2, 0.25) is 0 Å². The molecule has 0 aliphatic carbocycles. The second-order valence-corrected chi connectivity index (χ2v) is 9.63. The van der Waals surface area contributed by atoms with Gasteiger partial charge in [-0.25, -0.2) is 8.42 Å². The molecule has 1 aliphatic heterocycles. The molecule has 2 aromatic carbocycles. The Morgan fingerprint density at radius 1 is 1.13 bits per heavy atom. The predicted octanol–water partition coefficient (Wildman–Crippen LogP) is 3.25. The molecule has 1 atom stereocenters. The Kier molecular flexibility index (Phi) is 5.72. The molecular weight excluding hydrogens is 400 g/mol. The van der Waals surface area contributed by atoms with Gasteiger partial charge in [0.1, 0.15) is 17.4 Å². The maximum absolute atomic E-state index is 12.6. The third kappa shape index (κ3) is 4.62. The number of hydrogen-bond acceptors (Lipinski definition) is 5. The predicted molar refractivity (Wildman–Crippen MR) is 115 cm³/mol. The molecule has 3 aromatic rings. The van der Waals surface area contributed by atoms with Gasteiger partial charge in [0.05, 0.1) is 11.4 Å². The van der Waals surface area contributed by atoms with E-state index < -0.39 is 9.84 Å². The quantitative estimate of drug-likeness (QED) is 0.607. The van der Waals surface area contributed by atoms with Crippen molar-refractivity contribution in [3.05, 3.63) is 66.4 Å². The Labute approximate surface area is 176 Å². The normalized spacial score (nSPS) is 16.7. The highest BCUT2D eigenvalue weighted by Gasteiger charge is 2.27. The van der Waals surface area contributed by atoms with Crippen molar-refractivity contribution in [2.45, 2.75) is 30.3 Å². The molecule has 0 saturated carbocycles. The number of rotatable bonds is 6. The molecule has 0 spiro atoms. The second-order valence-electron chi connectivity index (χ2n) is 7.62. The van der Waals surface area contributed by atoms with E-state index in [9.17, 15) is 13.2 Å². The van der Waals surface area contributed by atoms with Gasteiger partial charge in [0, 0.05) is 37.2 Å². The Morgan fingerprint density at radius 2 is 1.90 bits per heavy atom. The number of pyridine rings is 1. The number of aryl methyl sites for hydroxylation is 1. The van der Waals surface area contributed by atoms with Crippen molar-refractivity contribution in [1.29, 1.82) is 0 Å². The van der Waals surface area contributed by atoms with Crippen LogP contribution in [-0.4, -0.2) is 49.7 Å². The molecule has 2 heterocycles. The van der Waals surface area contributed by atoms with Gasteiger partial charge in [-0.2, -0.15) is 0 Å². The molecule has 1 amide bonds. The number of benzene rings is 2. The second kappa shape index (κ2) is 8.44. The van der Waals surface area contributed by atoms with Crippen molar-refractivity contribution < 1.29 is 17.9 Å². The zero-order valence-corrected chi connectivity index (χ0v) is 17.6. The molecule has 6 nitrogen and oxygen atoms in total. The lowest BCUT2D eigenvalue weighted by Gasteiger charge is -2.18. The summed E-state index contributed by atoms with van der Waals surface area (Å²) in [7, 11) is -3.20. The lowest BCUT2D eigenvalue weighted by Crippen LogP contribution is -2.31. The van der Waals surface area contributed by atoms with E-state index in [2.05, 4.69) is 4.98 Å². The van der Waals surface area contributed by atoms with Crippen molar-refractivity contribution in [3.8, 4) is 5.75 Å². The fourth-order valence-corrected chi connectivity index (χ4v) is 4.34. The third-order valence-corrected chi connectivity index (χ3v) is 6.49. The Bertz CT molecular complexity index is 1150. The molecule has 0 N–H and O–H groups in total. The van der Waals surface area contributed by atoms with Crippen molar-refractivity contribution in [3.63, 3.8) is 0 Å². The monoisotopic (exact) mass is 424 g/mol. The number of aromatic nitrogens is 1. The van der Waals surface area contributed by atoms with Gasteiger partial charge < -0.3 is 9.64 Å². The first-order chi connectivity index (χ1) is 14.4. The maximum Gasteiger partial charge on any atom is 0.223 e. The fourth-order valence-electron chi connectivity index (χ4n) is 3.71. The number of carbonyl (C=O) groups excluding carboxylic acids is 1. The number of ether oxygens (including phenoxy) is 1. The zero-order chi connectivity index (χ0) is 21.1.